The van der Waals surface area contributed by atoms with Crippen molar-refractivity contribution in [2.75, 3.05) is 24.1 Å². The summed E-state index contributed by atoms with van der Waals surface area (Å²) < 4.78 is 40.4. The van der Waals surface area contributed by atoms with Crippen LogP contribution in [0.25, 0.3) is 0 Å². The van der Waals surface area contributed by atoms with Gasteiger partial charge in [-0.1, -0.05) is 60.3 Å². The highest BCUT2D eigenvalue weighted by atomic mass is 35.5. The molecule has 228 valence electrons. The molecule has 1 saturated carbocycles. The third-order valence-electron chi connectivity index (χ3n) is 7.65. The van der Waals surface area contributed by atoms with Crippen LogP contribution in [0.3, 0.4) is 0 Å². The average molecular weight is 647 g/mol. The predicted molar refractivity (Wildman–Crippen MR) is 165 cm³/mol. The Labute approximate surface area is 261 Å². The minimum absolute atomic E-state index is 0.0111. The van der Waals surface area contributed by atoms with Gasteiger partial charge in [0.2, 0.25) is 11.8 Å². The Morgan fingerprint density at radius 2 is 1.65 bits per heavy atom. The third-order valence-corrected chi connectivity index (χ3v) is 10.0. The molecule has 3 aromatic carbocycles. The molecule has 9 nitrogen and oxygen atoms in total. The highest BCUT2D eigenvalue weighted by molar-refractivity contribution is 7.92. The van der Waals surface area contributed by atoms with Gasteiger partial charge in [-0.25, -0.2) is 8.42 Å². The predicted octanol–water partition coefficient (Wildman–Crippen LogP) is 5.44. The summed E-state index contributed by atoms with van der Waals surface area (Å²) in [5.74, 6) is -0.0511. The molecule has 1 aliphatic heterocycles. The number of sulfonamides is 1. The molecule has 5 rings (SSSR count). The van der Waals surface area contributed by atoms with E-state index in [2.05, 4.69) is 5.32 Å². The fraction of sp³-hybridized carbons (Fsp3) is 0.355. The van der Waals surface area contributed by atoms with Crippen molar-refractivity contribution in [3.63, 3.8) is 0 Å². The fourth-order valence-electron chi connectivity index (χ4n) is 5.24. The van der Waals surface area contributed by atoms with Crippen LogP contribution in [0.5, 0.6) is 11.5 Å². The highest BCUT2D eigenvalue weighted by Gasteiger charge is 2.34. The number of benzene rings is 3. The fourth-order valence-corrected chi connectivity index (χ4v) is 7.14. The molecule has 0 saturated heterocycles. The molecule has 1 aliphatic carbocycles. The molecule has 1 fully saturated rings. The van der Waals surface area contributed by atoms with E-state index in [-0.39, 0.29) is 29.1 Å². The van der Waals surface area contributed by atoms with E-state index in [4.69, 9.17) is 32.7 Å². The van der Waals surface area contributed by atoms with Gasteiger partial charge in [0, 0.05) is 28.7 Å². The molecule has 1 atom stereocenters. The molecule has 2 aliphatic rings. The second-order valence-electron chi connectivity index (χ2n) is 10.6. The minimum atomic E-state index is -4.22. The summed E-state index contributed by atoms with van der Waals surface area (Å²) in [5.41, 5.74) is 0.783. The zero-order valence-corrected chi connectivity index (χ0v) is 26.0. The van der Waals surface area contributed by atoms with Crippen LogP contribution in [0.2, 0.25) is 10.0 Å². The molecule has 1 N–H and O–H groups in total. The van der Waals surface area contributed by atoms with Gasteiger partial charge >= 0.3 is 0 Å². The smallest absolute Gasteiger partial charge is 0.264 e. The lowest BCUT2D eigenvalue weighted by atomic mass is 10.1. The maximum absolute atomic E-state index is 14.2. The van der Waals surface area contributed by atoms with Gasteiger partial charge in [-0.2, -0.15) is 0 Å². The van der Waals surface area contributed by atoms with E-state index < -0.39 is 28.5 Å². The van der Waals surface area contributed by atoms with Crippen molar-refractivity contribution in [1.29, 1.82) is 0 Å². The van der Waals surface area contributed by atoms with E-state index >= 15 is 0 Å². The van der Waals surface area contributed by atoms with E-state index in [0.29, 0.717) is 40.3 Å². The number of ether oxygens (including phenoxy) is 2. The van der Waals surface area contributed by atoms with Gasteiger partial charge in [-0.3, -0.25) is 13.9 Å². The molecule has 3 aromatic rings. The molecule has 0 radical (unpaired) electrons. The lowest BCUT2D eigenvalue weighted by molar-refractivity contribution is -0.139. The molecule has 0 bridgehead atoms. The van der Waals surface area contributed by atoms with Gasteiger partial charge in [0.15, 0.2) is 11.5 Å². The first-order valence-electron chi connectivity index (χ1n) is 14.1. The summed E-state index contributed by atoms with van der Waals surface area (Å²) in [6, 6.07) is 16.6. The van der Waals surface area contributed by atoms with E-state index in [0.717, 1.165) is 30.0 Å². The lowest BCUT2D eigenvalue weighted by Crippen LogP contribution is -2.52. The van der Waals surface area contributed by atoms with Gasteiger partial charge in [0.25, 0.3) is 10.0 Å². The second kappa shape index (κ2) is 13.4. The Bertz CT molecular complexity index is 1580. The number of hydrogen-bond donors (Lipinski definition) is 1. The Balaban J connectivity index is 1.50. The minimum Gasteiger partial charge on any atom is -0.486 e. The Hall–Kier alpha value is -3.47. The van der Waals surface area contributed by atoms with Gasteiger partial charge in [0.1, 0.15) is 25.8 Å². The van der Waals surface area contributed by atoms with E-state index in [9.17, 15) is 18.0 Å². The zero-order chi connectivity index (χ0) is 30.6. The molecule has 1 heterocycles. The van der Waals surface area contributed by atoms with Crippen molar-refractivity contribution in [3.8, 4) is 11.5 Å². The topological polar surface area (TPSA) is 105 Å². The summed E-state index contributed by atoms with van der Waals surface area (Å²) in [6.45, 7) is 1.70. The summed E-state index contributed by atoms with van der Waals surface area (Å²) in [7, 11) is -4.22. The molecule has 2 amide bonds. The Morgan fingerprint density at radius 1 is 0.953 bits per heavy atom. The number of carbonyl (C=O) groups excluding carboxylic acids is 2. The van der Waals surface area contributed by atoms with Crippen molar-refractivity contribution in [1.82, 2.24) is 10.2 Å². The van der Waals surface area contributed by atoms with Crippen molar-refractivity contribution in [2.24, 2.45) is 0 Å². The summed E-state index contributed by atoms with van der Waals surface area (Å²) in [6.07, 6.45) is 3.82. The average Bonchev–Trinajstić information content (AvgIpc) is 3.52. The number of carbonyl (C=O) groups is 2. The maximum Gasteiger partial charge on any atom is 0.264 e. The van der Waals surface area contributed by atoms with Gasteiger partial charge in [-0.05, 0) is 61.7 Å². The summed E-state index contributed by atoms with van der Waals surface area (Å²) in [4.78, 5) is 28.9. The van der Waals surface area contributed by atoms with Crippen molar-refractivity contribution in [3.05, 3.63) is 82.3 Å². The molecule has 43 heavy (non-hydrogen) atoms. The van der Waals surface area contributed by atoms with E-state index in [1.54, 1.807) is 61.5 Å². The first kappa shape index (κ1) is 31.0. The maximum atomic E-state index is 14.2. The van der Waals surface area contributed by atoms with Gasteiger partial charge in [-0.15, -0.1) is 0 Å². The second-order valence-corrected chi connectivity index (χ2v) is 13.3. The first-order chi connectivity index (χ1) is 20.6. The van der Waals surface area contributed by atoms with Gasteiger partial charge < -0.3 is 19.7 Å². The normalized spacial score (nSPS) is 15.5. The molecule has 1 unspecified atom stereocenters. The number of nitrogens with one attached hydrogen (secondary N) is 1. The van der Waals surface area contributed by atoms with Crippen LogP contribution in [0.4, 0.5) is 5.69 Å². The first-order valence-corrected chi connectivity index (χ1v) is 16.3. The largest absolute Gasteiger partial charge is 0.486 e. The van der Waals surface area contributed by atoms with Crippen molar-refractivity contribution >= 4 is 50.7 Å². The van der Waals surface area contributed by atoms with Crippen LogP contribution in [0, 0.1) is 0 Å². The highest BCUT2D eigenvalue weighted by Crippen LogP contribution is 2.36. The standard InChI is InChI=1S/C31H33Cl2N3O6S/c1-21(31(38)34-24-7-5-6-8-24)35(19-22-11-12-23(32)17-27(22)33)30(37)20-36(43(39,40)26-9-3-2-4-10-26)25-13-14-28-29(18-25)42-16-15-41-28/h2-4,9-14,17-18,21,24H,5-8,15-16,19-20H2,1H3,(H,34,38). The van der Waals surface area contributed by atoms with Crippen LogP contribution >= 0.6 is 23.2 Å². The van der Waals surface area contributed by atoms with Crippen LogP contribution in [0.1, 0.15) is 38.2 Å². The van der Waals surface area contributed by atoms with Crippen LogP contribution in [-0.4, -0.2) is 57.0 Å². The number of amides is 2. The molecular weight excluding hydrogens is 613 g/mol. The number of fused-ring (bicyclic) bond motifs is 1. The quantitative estimate of drug-likeness (QED) is 0.315. The monoisotopic (exact) mass is 645 g/mol. The summed E-state index contributed by atoms with van der Waals surface area (Å²) in [5, 5.41) is 3.81. The number of halogens is 2. The van der Waals surface area contributed by atoms with Crippen molar-refractivity contribution < 1.29 is 27.5 Å². The molecule has 0 spiro atoms. The summed E-state index contributed by atoms with van der Waals surface area (Å²) >= 11 is 12.6. The number of anilines is 1. The van der Waals surface area contributed by atoms with E-state index in [1.807, 2.05) is 0 Å². The van der Waals surface area contributed by atoms with Crippen LogP contribution in [-0.2, 0) is 26.2 Å². The SMILES string of the molecule is CC(C(=O)NC1CCCC1)N(Cc1ccc(Cl)cc1Cl)C(=O)CN(c1ccc2c(c1)OCCO2)S(=O)(=O)c1ccccc1. The van der Waals surface area contributed by atoms with Gasteiger partial charge in [0.05, 0.1) is 10.6 Å². The molecule has 12 heteroatoms. The van der Waals surface area contributed by atoms with Crippen molar-refractivity contribution in [2.45, 2.75) is 56.1 Å². The Morgan fingerprint density at radius 3 is 2.35 bits per heavy atom. The number of rotatable bonds is 10. The van der Waals surface area contributed by atoms with E-state index in [1.165, 1.54) is 17.0 Å². The third kappa shape index (κ3) is 7.20. The lowest BCUT2D eigenvalue weighted by Gasteiger charge is -2.33. The zero-order valence-electron chi connectivity index (χ0n) is 23.7. The number of hydrogen-bond acceptors (Lipinski definition) is 6. The number of nitrogens with zero attached hydrogens (tertiary/aromatic N) is 2. The molecule has 0 aromatic heterocycles. The van der Waals surface area contributed by atoms with Crippen LogP contribution < -0.4 is 19.1 Å². The Kier molecular flexibility index (Phi) is 9.68. The van der Waals surface area contributed by atoms with Crippen LogP contribution in [0.15, 0.2) is 71.6 Å². The molecular formula is C31H33Cl2N3O6S.